The number of halogens is 4. The van der Waals surface area contributed by atoms with E-state index in [2.05, 4.69) is 4.98 Å². The maximum atomic E-state index is 14.6. The topological polar surface area (TPSA) is 33.2 Å². The van der Waals surface area contributed by atoms with E-state index in [9.17, 15) is 22.4 Å². The van der Waals surface area contributed by atoms with Gasteiger partial charge in [-0.25, -0.2) is 4.39 Å². The number of alkyl halides is 3. The molecule has 2 aliphatic rings. The molecule has 148 valence electrons. The van der Waals surface area contributed by atoms with Crippen LogP contribution < -0.4 is 0 Å². The Balaban J connectivity index is 1.67. The molecular formula is C21H20F4N2O. The zero-order chi connectivity index (χ0) is 20.1. The highest BCUT2D eigenvalue weighted by Crippen LogP contribution is 2.43. The molecule has 1 amide bonds. The van der Waals surface area contributed by atoms with Crippen LogP contribution in [0.1, 0.15) is 48.3 Å². The summed E-state index contributed by atoms with van der Waals surface area (Å²) in [7, 11) is 1.80. The predicted octanol–water partition coefficient (Wildman–Crippen LogP) is 4.95. The van der Waals surface area contributed by atoms with Crippen LogP contribution in [0.25, 0.3) is 11.1 Å². The molecule has 2 aromatic rings. The third-order valence-electron chi connectivity index (χ3n) is 5.74. The number of pyridine rings is 1. The van der Waals surface area contributed by atoms with Crippen molar-refractivity contribution in [1.82, 2.24) is 9.88 Å². The van der Waals surface area contributed by atoms with E-state index in [1.807, 2.05) is 0 Å². The molecule has 4 rings (SSSR count). The molecule has 0 aliphatic heterocycles. The number of rotatable bonds is 4. The summed E-state index contributed by atoms with van der Waals surface area (Å²) in [5.74, 6) is -0.962. The molecule has 28 heavy (non-hydrogen) atoms. The number of nitrogens with zero attached hydrogens (tertiary/aromatic N) is 2. The summed E-state index contributed by atoms with van der Waals surface area (Å²) in [5, 5.41) is 0. The Hall–Kier alpha value is -2.44. The van der Waals surface area contributed by atoms with Gasteiger partial charge in [0.25, 0.3) is 0 Å². The van der Waals surface area contributed by atoms with E-state index in [4.69, 9.17) is 0 Å². The molecule has 1 saturated carbocycles. The minimum atomic E-state index is -4.60. The first-order valence-corrected chi connectivity index (χ1v) is 9.35. The smallest absolute Gasteiger partial charge is 0.343 e. The molecule has 3 nitrogen and oxygen atoms in total. The minimum absolute atomic E-state index is 0.0519. The average Bonchev–Trinajstić information content (AvgIpc) is 3.42. The Morgan fingerprint density at radius 1 is 1.18 bits per heavy atom. The number of benzene rings is 1. The molecule has 0 spiro atoms. The fourth-order valence-corrected chi connectivity index (χ4v) is 4.02. The first kappa shape index (κ1) is 18.9. The number of carbonyl (C=O) groups excluding carboxylic acids is 1. The van der Waals surface area contributed by atoms with Crippen molar-refractivity contribution in [1.29, 1.82) is 0 Å². The molecule has 1 atom stereocenters. The molecule has 1 aromatic heterocycles. The minimum Gasteiger partial charge on any atom is -0.343 e. The van der Waals surface area contributed by atoms with Gasteiger partial charge in [0.1, 0.15) is 5.82 Å². The number of fused-ring (bicyclic) bond motifs is 1. The van der Waals surface area contributed by atoms with Gasteiger partial charge in [0.15, 0.2) is 0 Å². The SMILES string of the molecule is CN(C(=O)CC1CCc2cncc(-c3ccc(C(F)(F)F)cc3F)c21)C1CC1. The summed E-state index contributed by atoms with van der Waals surface area (Å²) in [6, 6.07) is 2.87. The van der Waals surface area contributed by atoms with Gasteiger partial charge in [0.05, 0.1) is 5.56 Å². The van der Waals surface area contributed by atoms with Crippen LogP contribution in [0.5, 0.6) is 0 Å². The highest BCUT2D eigenvalue weighted by molar-refractivity contribution is 5.79. The maximum absolute atomic E-state index is 14.6. The summed E-state index contributed by atoms with van der Waals surface area (Å²) < 4.78 is 53.1. The molecule has 7 heteroatoms. The van der Waals surface area contributed by atoms with Crippen molar-refractivity contribution in [2.75, 3.05) is 7.05 Å². The first-order valence-electron chi connectivity index (χ1n) is 9.35. The van der Waals surface area contributed by atoms with Crippen LogP contribution in [0.2, 0.25) is 0 Å². The molecular weight excluding hydrogens is 372 g/mol. The summed E-state index contributed by atoms with van der Waals surface area (Å²) in [5.41, 5.74) is 1.32. The molecule has 1 aromatic carbocycles. The van der Waals surface area contributed by atoms with Crippen LogP contribution in [0.4, 0.5) is 17.6 Å². The third kappa shape index (κ3) is 3.50. The van der Waals surface area contributed by atoms with Gasteiger partial charge in [-0.1, -0.05) is 6.07 Å². The summed E-state index contributed by atoms with van der Waals surface area (Å²) >= 11 is 0. The van der Waals surface area contributed by atoms with Crippen molar-refractivity contribution in [3.8, 4) is 11.1 Å². The lowest BCUT2D eigenvalue weighted by atomic mass is 9.90. The Morgan fingerprint density at radius 2 is 1.93 bits per heavy atom. The maximum Gasteiger partial charge on any atom is 0.416 e. The normalized spacial score (nSPS) is 18.8. The average molecular weight is 392 g/mol. The van der Waals surface area contributed by atoms with Gasteiger partial charge in [-0.15, -0.1) is 0 Å². The second kappa shape index (κ2) is 6.87. The number of hydrogen-bond acceptors (Lipinski definition) is 2. The molecule has 0 N–H and O–H groups in total. The second-order valence-electron chi connectivity index (χ2n) is 7.63. The zero-order valence-corrected chi connectivity index (χ0v) is 15.4. The quantitative estimate of drug-likeness (QED) is 0.690. The van der Waals surface area contributed by atoms with Crippen LogP contribution in [0, 0.1) is 5.82 Å². The molecule has 0 bridgehead atoms. The van der Waals surface area contributed by atoms with Gasteiger partial charge in [0, 0.05) is 43.0 Å². The zero-order valence-electron chi connectivity index (χ0n) is 15.4. The van der Waals surface area contributed by atoms with Gasteiger partial charge in [0.2, 0.25) is 5.91 Å². The monoisotopic (exact) mass is 392 g/mol. The standard InChI is InChI=1S/C21H20F4N2O/c1-27(15-5-6-15)19(28)8-12-2-3-13-10-26-11-17(20(12)13)16-7-4-14(9-18(16)22)21(23,24)25/h4,7,9-12,15H,2-3,5-6,8H2,1H3. The molecule has 0 radical (unpaired) electrons. The first-order chi connectivity index (χ1) is 13.3. The molecule has 0 saturated heterocycles. The number of amides is 1. The lowest BCUT2D eigenvalue weighted by molar-refractivity contribution is -0.137. The summed E-state index contributed by atoms with van der Waals surface area (Å²) in [6.45, 7) is 0. The second-order valence-corrected chi connectivity index (χ2v) is 7.63. The summed E-state index contributed by atoms with van der Waals surface area (Å²) in [6.07, 6.45) is 2.43. The number of aryl methyl sites for hydroxylation is 1. The lowest BCUT2D eigenvalue weighted by Crippen LogP contribution is -2.29. The highest BCUT2D eigenvalue weighted by Gasteiger charge is 2.35. The van der Waals surface area contributed by atoms with Crippen LogP contribution in [-0.2, 0) is 17.4 Å². The number of hydrogen-bond donors (Lipinski definition) is 0. The van der Waals surface area contributed by atoms with Crippen molar-refractivity contribution >= 4 is 5.91 Å². The van der Waals surface area contributed by atoms with Crippen LogP contribution >= 0.6 is 0 Å². The van der Waals surface area contributed by atoms with Crippen molar-refractivity contribution in [3.63, 3.8) is 0 Å². The molecule has 1 heterocycles. The molecule has 1 unspecified atom stereocenters. The largest absolute Gasteiger partial charge is 0.416 e. The third-order valence-corrected chi connectivity index (χ3v) is 5.74. The Morgan fingerprint density at radius 3 is 2.57 bits per heavy atom. The number of aromatic nitrogens is 1. The van der Waals surface area contributed by atoms with Crippen LogP contribution in [-0.4, -0.2) is 28.9 Å². The molecule has 2 aliphatic carbocycles. The predicted molar refractivity (Wildman–Crippen MR) is 96.1 cm³/mol. The fraction of sp³-hybridized carbons (Fsp3) is 0.429. The van der Waals surface area contributed by atoms with Crippen LogP contribution in [0.3, 0.4) is 0 Å². The van der Waals surface area contributed by atoms with Crippen molar-refractivity contribution in [3.05, 3.63) is 53.1 Å². The van der Waals surface area contributed by atoms with Gasteiger partial charge in [-0.3, -0.25) is 9.78 Å². The lowest BCUT2D eigenvalue weighted by Gasteiger charge is -2.21. The van der Waals surface area contributed by atoms with Crippen LogP contribution in [0.15, 0.2) is 30.6 Å². The van der Waals surface area contributed by atoms with Crippen molar-refractivity contribution in [2.45, 2.75) is 50.2 Å². The van der Waals surface area contributed by atoms with Gasteiger partial charge < -0.3 is 4.90 Å². The van der Waals surface area contributed by atoms with Gasteiger partial charge >= 0.3 is 6.18 Å². The summed E-state index contributed by atoms with van der Waals surface area (Å²) in [4.78, 5) is 18.5. The van der Waals surface area contributed by atoms with E-state index in [0.29, 0.717) is 24.1 Å². The Labute approximate surface area is 160 Å². The Bertz CT molecular complexity index is 921. The van der Waals surface area contributed by atoms with E-state index < -0.39 is 17.6 Å². The van der Waals surface area contributed by atoms with Crippen molar-refractivity contribution in [2.24, 2.45) is 0 Å². The Kier molecular flexibility index (Phi) is 4.63. The van der Waals surface area contributed by atoms with E-state index in [1.165, 1.54) is 6.20 Å². The fourth-order valence-electron chi connectivity index (χ4n) is 4.02. The van der Waals surface area contributed by atoms with Gasteiger partial charge in [-0.05, 0) is 54.9 Å². The molecule has 1 fully saturated rings. The van der Waals surface area contributed by atoms with E-state index in [0.717, 1.165) is 48.9 Å². The van der Waals surface area contributed by atoms with Crippen molar-refractivity contribution < 1.29 is 22.4 Å². The highest BCUT2D eigenvalue weighted by atomic mass is 19.4. The van der Waals surface area contributed by atoms with E-state index in [-0.39, 0.29) is 17.4 Å². The van der Waals surface area contributed by atoms with E-state index in [1.54, 1.807) is 18.1 Å². The van der Waals surface area contributed by atoms with Gasteiger partial charge in [-0.2, -0.15) is 13.2 Å². The van der Waals surface area contributed by atoms with E-state index >= 15 is 0 Å². The number of carbonyl (C=O) groups is 1.